The molecule has 0 radical (unpaired) electrons. The maximum Gasteiger partial charge on any atom is 0.400 e. The van der Waals surface area contributed by atoms with E-state index in [9.17, 15) is 9.59 Å². The van der Waals surface area contributed by atoms with Gasteiger partial charge in [0.25, 0.3) is 5.91 Å². The van der Waals surface area contributed by atoms with Crippen LogP contribution in [-0.4, -0.2) is 24.3 Å². The third-order valence-electron chi connectivity index (χ3n) is 4.33. The Morgan fingerprint density at radius 2 is 1.56 bits per heavy atom. The minimum absolute atomic E-state index is 0.0227. The fourth-order valence-corrected chi connectivity index (χ4v) is 2.61. The normalized spacial score (nSPS) is 11.1. The van der Waals surface area contributed by atoms with Gasteiger partial charge in [-0.05, 0) is 60.5 Å². The standard InChI is InChI=1S/C23H23N3O6/c1-2-15-3-7-17(8-4-15)29-13-19-11-12-20(31-19)23(28)32-26-22(25)16-5-9-18(10-6-16)30-14-21(24)27/h3-12H,2,13-14H2,1H3,(H2,24,27)(H2,25,26). The average molecular weight is 437 g/mol. The van der Waals surface area contributed by atoms with Crippen molar-refractivity contribution in [3.8, 4) is 11.5 Å². The lowest BCUT2D eigenvalue weighted by atomic mass is 10.2. The van der Waals surface area contributed by atoms with Gasteiger partial charge in [-0.2, -0.15) is 0 Å². The van der Waals surface area contributed by atoms with E-state index in [1.807, 2.05) is 24.3 Å². The summed E-state index contributed by atoms with van der Waals surface area (Å²) in [6.07, 6.45) is 0.952. The van der Waals surface area contributed by atoms with Crippen molar-refractivity contribution < 1.29 is 28.3 Å². The number of amides is 1. The molecule has 0 aliphatic heterocycles. The number of nitrogens with two attached hydrogens (primary N) is 2. The van der Waals surface area contributed by atoms with Gasteiger partial charge >= 0.3 is 5.97 Å². The molecule has 3 aromatic rings. The Morgan fingerprint density at radius 3 is 2.22 bits per heavy atom. The highest BCUT2D eigenvalue weighted by atomic mass is 16.7. The number of nitrogens with zero attached hydrogens (tertiary/aromatic N) is 1. The number of aryl methyl sites for hydroxylation is 1. The van der Waals surface area contributed by atoms with Crippen LogP contribution in [0.15, 0.2) is 70.2 Å². The summed E-state index contributed by atoms with van der Waals surface area (Å²) in [6, 6.07) is 17.2. The second-order valence-corrected chi connectivity index (χ2v) is 6.69. The maximum absolute atomic E-state index is 12.2. The van der Waals surface area contributed by atoms with Gasteiger partial charge in [0, 0.05) is 5.56 Å². The Hall–Kier alpha value is -4.27. The number of primary amides is 1. The summed E-state index contributed by atoms with van der Waals surface area (Å²) in [6.45, 7) is 2.01. The molecule has 0 saturated carbocycles. The summed E-state index contributed by atoms with van der Waals surface area (Å²) in [7, 11) is 0. The quantitative estimate of drug-likeness (QED) is 0.215. The van der Waals surface area contributed by atoms with Crippen LogP contribution in [0.5, 0.6) is 11.5 Å². The molecule has 1 amide bonds. The van der Waals surface area contributed by atoms with Crippen molar-refractivity contribution in [3.63, 3.8) is 0 Å². The highest BCUT2D eigenvalue weighted by Gasteiger charge is 2.14. The minimum Gasteiger partial charge on any atom is -0.486 e. The molecule has 0 saturated heterocycles. The average Bonchev–Trinajstić information content (AvgIpc) is 3.29. The molecule has 4 N–H and O–H groups in total. The lowest BCUT2D eigenvalue weighted by molar-refractivity contribution is -0.119. The first-order chi connectivity index (χ1) is 15.4. The first kappa shape index (κ1) is 22.4. The van der Waals surface area contributed by atoms with Crippen LogP contribution in [0.25, 0.3) is 0 Å². The minimum atomic E-state index is -0.798. The topological polar surface area (TPSA) is 139 Å². The summed E-state index contributed by atoms with van der Waals surface area (Å²) < 4.78 is 16.3. The molecule has 0 aliphatic rings. The molecule has 32 heavy (non-hydrogen) atoms. The number of ether oxygens (including phenoxy) is 2. The molecule has 166 valence electrons. The number of carbonyl (C=O) groups excluding carboxylic acids is 2. The largest absolute Gasteiger partial charge is 0.486 e. The van der Waals surface area contributed by atoms with Crippen molar-refractivity contribution >= 4 is 17.7 Å². The highest BCUT2D eigenvalue weighted by molar-refractivity contribution is 5.98. The number of benzene rings is 2. The van der Waals surface area contributed by atoms with Gasteiger partial charge in [0.05, 0.1) is 0 Å². The first-order valence-electron chi connectivity index (χ1n) is 9.81. The van der Waals surface area contributed by atoms with Crippen molar-refractivity contribution in [2.24, 2.45) is 16.6 Å². The monoisotopic (exact) mass is 437 g/mol. The number of carbonyl (C=O) groups is 2. The van der Waals surface area contributed by atoms with Crippen LogP contribution in [0.1, 0.15) is 34.4 Å². The van der Waals surface area contributed by atoms with Crippen molar-refractivity contribution in [1.29, 1.82) is 0 Å². The van der Waals surface area contributed by atoms with E-state index in [2.05, 4.69) is 12.1 Å². The van der Waals surface area contributed by atoms with Crippen molar-refractivity contribution in [2.75, 3.05) is 6.61 Å². The molecule has 3 rings (SSSR count). The van der Waals surface area contributed by atoms with Gasteiger partial charge in [-0.15, -0.1) is 0 Å². The van der Waals surface area contributed by atoms with Crippen LogP contribution in [-0.2, 0) is 22.7 Å². The van der Waals surface area contributed by atoms with E-state index in [0.29, 0.717) is 22.8 Å². The Morgan fingerprint density at radius 1 is 0.906 bits per heavy atom. The van der Waals surface area contributed by atoms with E-state index in [-0.39, 0.29) is 24.8 Å². The van der Waals surface area contributed by atoms with Gasteiger partial charge in [0.15, 0.2) is 12.4 Å². The van der Waals surface area contributed by atoms with E-state index in [4.69, 9.17) is 30.2 Å². The summed E-state index contributed by atoms with van der Waals surface area (Å²) in [4.78, 5) is 27.7. The zero-order chi connectivity index (χ0) is 22.9. The molecule has 0 aliphatic carbocycles. The zero-order valence-electron chi connectivity index (χ0n) is 17.4. The van der Waals surface area contributed by atoms with Crippen LogP contribution in [0.3, 0.4) is 0 Å². The third-order valence-corrected chi connectivity index (χ3v) is 4.33. The number of hydrogen-bond acceptors (Lipinski definition) is 7. The fourth-order valence-electron chi connectivity index (χ4n) is 2.61. The smallest absolute Gasteiger partial charge is 0.400 e. The molecule has 9 heteroatoms. The number of furan rings is 1. The molecule has 0 fully saturated rings. The van der Waals surface area contributed by atoms with E-state index < -0.39 is 11.9 Å². The molecule has 0 bridgehead atoms. The molecule has 0 unspecified atom stereocenters. The van der Waals surface area contributed by atoms with Crippen LogP contribution in [0.2, 0.25) is 0 Å². The maximum atomic E-state index is 12.2. The van der Waals surface area contributed by atoms with Crippen molar-refractivity contribution in [1.82, 2.24) is 0 Å². The number of rotatable bonds is 10. The number of hydrogen-bond donors (Lipinski definition) is 2. The van der Waals surface area contributed by atoms with Crippen LogP contribution in [0, 0.1) is 0 Å². The lowest BCUT2D eigenvalue weighted by Crippen LogP contribution is -2.20. The second-order valence-electron chi connectivity index (χ2n) is 6.69. The van der Waals surface area contributed by atoms with E-state index in [1.54, 1.807) is 30.3 Å². The second kappa shape index (κ2) is 10.7. The van der Waals surface area contributed by atoms with Crippen LogP contribution >= 0.6 is 0 Å². The van der Waals surface area contributed by atoms with E-state index in [0.717, 1.165) is 6.42 Å². The Balaban J connectivity index is 1.52. The Bertz CT molecular complexity index is 1090. The van der Waals surface area contributed by atoms with Gasteiger partial charge < -0.3 is 30.2 Å². The third kappa shape index (κ3) is 6.36. The summed E-state index contributed by atoms with van der Waals surface area (Å²) in [5.74, 6) is 0.158. The van der Waals surface area contributed by atoms with Gasteiger partial charge in [0.2, 0.25) is 5.76 Å². The Labute approximate surface area is 184 Å². The van der Waals surface area contributed by atoms with Crippen LogP contribution < -0.4 is 20.9 Å². The molecule has 1 aromatic heterocycles. The van der Waals surface area contributed by atoms with Gasteiger partial charge in [-0.25, -0.2) is 4.79 Å². The van der Waals surface area contributed by atoms with Crippen LogP contribution in [0.4, 0.5) is 0 Å². The molecular formula is C23H23N3O6. The lowest BCUT2D eigenvalue weighted by Gasteiger charge is -2.05. The number of oxime groups is 1. The molecule has 0 atom stereocenters. The summed E-state index contributed by atoms with van der Waals surface area (Å²) in [5.41, 5.74) is 12.6. The first-order valence-corrected chi connectivity index (χ1v) is 9.81. The molecule has 0 spiro atoms. The molecule has 1 heterocycles. The highest BCUT2D eigenvalue weighted by Crippen LogP contribution is 2.17. The van der Waals surface area contributed by atoms with Crippen molar-refractivity contribution in [2.45, 2.75) is 20.0 Å². The van der Waals surface area contributed by atoms with E-state index in [1.165, 1.54) is 11.6 Å². The fraction of sp³-hybridized carbons (Fsp3) is 0.174. The van der Waals surface area contributed by atoms with Gasteiger partial charge in [0.1, 0.15) is 23.9 Å². The molecule has 2 aromatic carbocycles. The summed E-state index contributed by atoms with van der Waals surface area (Å²) >= 11 is 0. The predicted octanol–water partition coefficient (Wildman–Crippen LogP) is 2.76. The van der Waals surface area contributed by atoms with Gasteiger partial charge in [-0.1, -0.05) is 24.2 Å². The van der Waals surface area contributed by atoms with E-state index >= 15 is 0 Å². The number of amidine groups is 1. The summed E-state index contributed by atoms with van der Waals surface area (Å²) in [5, 5.41) is 3.63. The predicted molar refractivity (Wildman–Crippen MR) is 116 cm³/mol. The molecular weight excluding hydrogens is 414 g/mol. The molecule has 9 nitrogen and oxygen atoms in total. The van der Waals surface area contributed by atoms with Gasteiger partial charge in [-0.3, -0.25) is 4.79 Å². The zero-order valence-corrected chi connectivity index (χ0v) is 17.4. The Kier molecular flexibility index (Phi) is 7.47. The SMILES string of the molecule is CCc1ccc(OCc2ccc(C(=O)O/N=C(\N)c3ccc(OCC(N)=O)cc3)o2)cc1. The van der Waals surface area contributed by atoms with Crippen molar-refractivity contribution in [3.05, 3.63) is 83.3 Å².